The molecule has 0 saturated carbocycles. The van der Waals surface area contributed by atoms with Gasteiger partial charge in [0.25, 0.3) is 0 Å². The van der Waals surface area contributed by atoms with Crippen molar-refractivity contribution in [3.63, 3.8) is 0 Å². The minimum atomic E-state index is -0.0866. The molecule has 0 atom stereocenters. The number of fused-ring (bicyclic) bond motifs is 7. The molecule has 0 radical (unpaired) electrons. The highest BCUT2D eigenvalue weighted by molar-refractivity contribution is 6.23. The lowest BCUT2D eigenvalue weighted by Gasteiger charge is -2.22. The largest absolute Gasteiger partial charge is 0.0622 e. The third-order valence-corrected chi connectivity index (χ3v) is 10.1. The highest BCUT2D eigenvalue weighted by Crippen LogP contribution is 2.56. The van der Waals surface area contributed by atoms with Crippen LogP contribution in [-0.2, 0) is 5.41 Å². The summed E-state index contributed by atoms with van der Waals surface area (Å²) in [5.74, 6) is 0. The molecule has 8 aromatic carbocycles. The van der Waals surface area contributed by atoms with Crippen LogP contribution in [0.1, 0.15) is 25.0 Å². The van der Waals surface area contributed by atoms with Crippen molar-refractivity contribution in [3.8, 4) is 44.5 Å². The van der Waals surface area contributed by atoms with Crippen LogP contribution in [0.2, 0.25) is 0 Å². The molecule has 0 aromatic heterocycles. The summed E-state index contributed by atoms with van der Waals surface area (Å²) in [6.45, 7) is 4.77. The van der Waals surface area contributed by atoms with Gasteiger partial charge in [0.1, 0.15) is 0 Å². The lowest BCUT2D eigenvalue weighted by molar-refractivity contribution is 0.661. The molecular weight excluding hydrogens is 540 g/mol. The molecule has 0 nitrogen and oxygen atoms in total. The molecule has 0 unspecified atom stereocenters. The smallest absolute Gasteiger partial charge is 0.0159 e. The zero-order valence-electron chi connectivity index (χ0n) is 25.5. The van der Waals surface area contributed by atoms with Crippen molar-refractivity contribution >= 4 is 32.3 Å². The fraction of sp³-hybridized carbons (Fsp3) is 0.0667. The Bertz CT molecular complexity index is 2370. The summed E-state index contributed by atoms with van der Waals surface area (Å²) in [5.41, 5.74) is 13.1. The summed E-state index contributed by atoms with van der Waals surface area (Å²) in [6, 6.07) is 58.2. The zero-order chi connectivity index (χ0) is 30.1. The molecule has 1 aliphatic carbocycles. The molecule has 0 aliphatic heterocycles. The van der Waals surface area contributed by atoms with Gasteiger partial charge >= 0.3 is 0 Å². The third kappa shape index (κ3) is 3.79. The maximum Gasteiger partial charge on any atom is 0.0159 e. The van der Waals surface area contributed by atoms with Gasteiger partial charge in [0.15, 0.2) is 0 Å². The van der Waals surface area contributed by atoms with Gasteiger partial charge in [0, 0.05) is 5.41 Å². The van der Waals surface area contributed by atoms with Gasteiger partial charge in [-0.1, -0.05) is 172 Å². The Hall–Kier alpha value is -5.46. The van der Waals surface area contributed by atoms with Crippen LogP contribution in [0, 0.1) is 0 Å². The summed E-state index contributed by atoms with van der Waals surface area (Å²) in [6.07, 6.45) is 0. The van der Waals surface area contributed by atoms with E-state index < -0.39 is 0 Å². The van der Waals surface area contributed by atoms with Crippen molar-refractivity contribution in [1.82, 2.24) is 0 Å². The van der Waals surface area contributed by atoms with E-state index in [4.69, 9.17) is 0 Å². The van der Waals surface area contributed by atoms with Crippen LogP contribution in [0.5, 0.6) is 0 Å². The highest BCUT2D eigenvalue weighted by atomic mass is 14.4. The van der Waals surface area contributed by atoms with Crippen LogP contribution in [0.4, 0.5) is 0 Å². The Labute approximate surface area is 264 Å². The Morgan fingerprint density at radius 2 is 0.822 bits per heavy atom. The Morgan fingerprint density at radius 1 is 0.311 bits per heavy atom. The summed E-state index contributed by atoms with van der Waals surface area (Å²) in [7, 11) is 0. The molecule has 1 aliphatic rings. The zero-order valence-corrected chi connectivity index (χ0v) is 25.5. The molecule has 9 rings (SSSR count). The second-order valence-corrected chi connectivity index (χ2v) is 12.8. The SMILES string of the molecule is CC1(C)c2cccc(-c3c4ccccc4c(-c4ccc(-c5ccccc5)cc4)c4ccccc34)c2-c2c1ccc1ccccc21. The number of rotatable bonds is 3. The maximum atomic E-state index is 2.38. The highest BCUT2D eigenvalue weighted by Gasteiger charge is 2.38. The molecule has 0 heterocycles. The van der Waals surface area contributed by atoms with Crippen molar-refractivity contribution in [2.75, 3.05) is 0 Å². The molecular formula is C45H32. The van der Waals surface area contributed by atoms with Crippen LogP contribution < -0.4 is 0 Å². The van der Waals surface area contributed by atoms with Gasteiger partial charge in [0.2, 0.25) is 0 Å². The maximum absolute atomic E-state index is 2.38. The predicted molar refractivity (Wildman–Crippen MR) is 193 cm³/mol. The van der Waals surface area contributed by atoms with Gasteiger partial charge in [0.05, 0.1) is 0 Å². The first-order valence-electron chi connectivity index (χ1n) is 15.9. The average molecular weight is 573 g/mol. The molecule has 0 amide bonds. The third-order valence-electron chi connectivity index (χ3n) is 10.1. The fourth-order valence-electron chi connectivity index (χ4n) is 7.95. The molecule has 0 bridgehead atoms. The van der Waals surface area contributed by atoms with Gasteiger partial charge in [-0.05, 0) is 88.0 Å². The minimum absolute atomic E-state index is 0.0866. The van der Waals surface area contributed by atoms with E-state index in [1.807, 2.05) is 0 Å². The van der Waals surface area contributed by atoms with Crippen LogP contribution in [0.25, 0.3) is 76.8 Å². The van der Waals surface area contributed by atoms with Gasteiger partial charge in [-0.15, -0.1) is 0 Å². The fourth-order valence-corrected chi connectivity index (χ4v) is 7.95. The Kier molecular flexibility index (Phi) is 5.64. The lowest BCUT2D eigenvalue weighted by atomic mass is 9.80. The van der Waals surface area contributed by atoms with E-state index in [1.165, 1.54) is 88.0 Å². The van der Waals surface area contributed by atoms with Crippen molar-refractivity contribution < 1.29 is 0 Å². The number of hydrogen-bond acceptors (Lipinski definition) is 0. The molecule has 0 heteroatoms. The van der Waals surface area contributed by atoms with E-state index in [1.54, 1.807) is 0 Å². The standard InChI is InChI=1S/C45H32/c1-45(2)39-22-12-21-38(44(39)43-33-16-7-6-15-31(33)27-28-40(43)45)42-36-19-10-8-17-34(36)41(35-18-9-11-20-37(35)42)32-25-23-30(24-26-32)29-13-4-3-5-14-29/h3-28H,1-2H3. The summed E-state index contributed by atoms with van der Waals surface area (Å²) in [5, 5.41) is 7.77. The van der Waals surface area contributed by atoms with Crippen LogP contribution in [0.3, 0.4) is 0 Å². The second-order valence-electron chi connectivity index (χ2n) is 12.8. The van der Waals surface area contributed by atoms with Crippen molar-refractivity contribution in [2.24, 2.45) is 0 Å². The molecule has 45 heavy (non-hydrogen) atoms. The van der Waals surface area contributed by atoms with Crippen LogP contribution >= 0.6 is 0 Å². The van der Waals surface area contributed by atoms with E-state index in [0.29, 0.717) is 0 Å². The van der Waals surface area contributed by atoms with E-state index in [2.05, 4.69) is 172 Å². The van der Waals surface area contributed by atoms with Gasteiger partial charge < -0.3 is 0 Å². The van der Waals surface area contributed by atoms with Crippen molar-refractivity contribution in [3.05, 3.63) is 169 Å². The lowest BCUT2D eigenvalue weighted by Crippen LogP contribution is -2.14. The second kappa shape index (κ2) is 9.78. The molecule has 8 aromatic rings. The first-order valence-corrected chi connectivity index (χ1v) is 15.9. The normalized spacial score (nSPS) is 13.3. The summed E-state index contributed by atoms with van der Waals surface area (Å²) in [4.78, 5) is 0. The first-order chi connectivity index (χ1) is 22.1. The molecule has 0 saturated heterocycles. The van der Waals surface area contributed by atoms with Crippen molar-refractivity contribution in [1.29, 1.82) is 0 Å². The average Bonchev–Trinajstić information content (AvgIpc) is 3.34. The van der Waals surface area contributed by atoms with E-state index in [9.17, 15) is 0 Å². The van der Waals surface area contributed by atoms with E-state index in [0.717, 1.165) is 0 Å². The van der Waals surface area contributed by atoms with Crippen LogP contribution in [0.15, 0.2) is 158 Å². The quantitative estimate of drug-likeness (QED) is 0.185. The predicted octanol–water partition coefficient (Wildman–Crippen LogP) is 12.5. The monoisotopic (exact) mass is 572 g/mol. The van der Waals surface area contributed by atoms with Crippen molar-refractivity contribution in [2.45, 2.75) is 19.3 Å². The topological polar surface area (TPSA) is 0 Å². The molecule has 0 N–H and O–H groups in total. The first kappa shape index (κ1) is 26.0. The van der Waals surface area contributed by atoms with E-state index in [-0.39, 0.29) is 5.41 Å². The van der Waals surface area contributed by atoms with Gasteiger partial charge in [-0.3, -0.25) is 0 Å². The minimum Gasteiger partial charge on any atom is -0.0622 e. The number of benzene rings is 8. The van der Waals surface area contributed by atoms with Crippen LogP contribution in [-0.4, -0.2) is 0 Å². The summed E-state index contributed by atoms with van der Waals surface area (Å²) >= 11 is 0. The summed E-state index contributed by atoms with van der Waals surface area (Å²) < 4.78 is 0. The molecule has 212 valence electrons. The Morgan fingerprint density at radius 3 is 1.49 bits per heavy atom. The van der Waals surface area contributed by atoms with Gasteiger partial charge in [-0.25, -0.2) is 0 Å². The van der Waals surface area contributed by atoms with E-state index >= 15 is 0 Å². The Balaban J connectivity index is 1.36. The number of hydrogen-bond donors (Lipinski definition) is 0. The molecule has 0 spiro atoms. The molecule has 0 fully saturated rings. The van der Waals surface area contributed by atoms with Gasteiger partial charge in [-0.2, -0.15) is 0 Å².